The molecule has 0 aromatic rings. The first kappa shape index (κ1) is 26.9. The van der Waals surface area contributed by atoms with Crippen LogP contribution in [0.5, 0.6) is 0 Å². The highest BCUT2D eigenvalue weighted by Crippen LogP contribution is 2.24. The first-order valence-electron chi connectivity index (χ1n) is 11.9. The smallest absolute Gasteiger partial charge is 0.321 e. The molecule has 2 aliphatic heterocycles. The van der Waals surface area contributed by atoms with Crippen LogP contribution in [0.25, 0.3) is 0 Å². The number of fused-ring (bicyclic) bond motifs is 1. The molecule has 0 spiro atoms. The van der Waals surface area contributed by atoms with Gasteiger partial charge in [-0.25, -0.2) is 13.1 Å². The number of carbonyl (C=O) groups is 1. The van der Waals surface area contributed by atoms with E-state index in [-0.39, 0.29) is 18.4 Å². The number of nitrogens with zero attached hydrogens (tertiary/aromatic N) is 1. The van der Waals surface area contributed by atoms with Gasteiger partial charge in [0.1, 0.15) is 11.9 Å². The van der Waals surface area contributed by atoms with Crippen LogP contribution in [0.3, 0.4) is 0 Å². The van der Waals surface area contributed by atoms with Crippen molar-refractivity contribution in [2.75, 3.05) is 6.54 Å². The summed E-state index contributed by atoms with van der Waals surface area (Å²) in [5.41, 5.74) is 1.20. The highest BCUT2D eigenvalue weighted by atomic mass is 35.5. The van der Waals surface area contributed by atoms with Crippen LogP contribution in [0.2, 0.25) is 0 Å². The Hall–Kier alpha value is -1.38. The van der Waals surface area contributed by atoms with Gasteiger partial charge in [0.15, 0.2) is 0 Å². The molecule has 0 bridgehead atoms. The van der Waals surface area contributed by atoms with Crippen LogP contribution in [-0.4, -0.2) is 49.2 Å². The average molecular weight is 488 g/mol. The lowest BCUT2D eigenvalue weighted by Gasteiger charge is -2.24. The van der Waals surface area contributed by atoms with E-state index in [1.807, 2.05) is 0 Å². The van der Waals surface area contributed by atoms with E-state index in [1.165, 1.54) is 5.57 Å². The summed E-state index contributed by atoms with van der Waals surface area (Å²) in [7, 11) is -3.56. The molecule has 3 N–H and O–H groups in total. The summed E-state index contributed by atoms with van der Waals surface area (Å²) in [5.74, 6) is -0.0542. The standard InChI is InChI=1S/C23H37N3O4S.ClH/c27-23(28)21(26-31(29,30)20-12-6-4-7-13-20)14-8-3-1-2-5-11-19-16-15-18-10-9-17-24-22(18)25-19;/h10,15-16,19-21,26H,1-9,11-14,17H2,(H,24,25)(H,27,28);1H. The predicted octanol–water partition coefficient (Wildman–Crippen LogP) is 4.10. The fraction of sp³-hybridized carbons (Fsp3) is 0.739. The van der Waals surface area contributed by atoms with Crippen LogP contribution in [-0.2, 0) is 14.8 Å². The molecule has 2 atom stereocenters. The maximum atomic E-state index is 12.5. The Balaban J connectivity index is 0.00000363. The van der Waals surface area contributed by atoms with Gasteiger partial charge in [-0.3, -0.25) is 9.79 Å². The number of hydrogen-bond donors (Lipinski definition) is 3. The quantitative estimate of drug-likeness (QED) is 0.359. The van der Waals surface area contributed by atoms with Gasteiger partial charge in [-0.1, -0.05) is 69.6 Å². The average Bonchev–Trinajstić information content (AvgIpc) is 2.78. The van der Waals surface area contributed by atoms with Gasteiger partial charge in [0.05, 0.1) is 11.3 Å². The molecule has 3 rings (SSSR count). The van der Waals surface area contributed by atoms with Crippen molar-refractivity contribution in [3.8, 4) is 0 Å². The fourth-order valence-corrected chi connectivity index (χ4v) is 6.37. The Morgan fingerprint density at radius 2 is 1.88 bits per heavy atom. The van der Waals surface area contributed by atoms with Crippen LogP contribution in [0.4, 0.5) is 0 Å². The molecular weight excluding hydrogens is 450 g/mol. The molecule has 2 unspecified atom stereocenters. The summed E-state index contributed by atoms with van der Waals surface area (Å²) in [6, 6.07) is -0.774. The molecule has 1 aliphatic carbocycles. The second-order valence-corrected chi connectivity index (χ2v) is 10.9. The number of halogens is 1. The minimum absolute atomic E-state index is 0. The van der Waals surface area contributed by atoms with E-state index in [2.05, 4.69) is 28.3 Å². The summed E-state index contributed by atoms with van der Waals surface area (Å²) in [5, 5.41) is 12.4. The van der Waals surface area contributed by atoms with E-state index in [9.17, 15) is 18.3 Å². The van der Waals surface area contributed by atoms with Gasteiger partial charge in [-0.05, 0) is 32.1 Å². The van der Waals surface area contributed by atoms with Crippen molar-refractivity contribution in [3.05, 3.63) is 23.8 Å². The molecule has 7 nitrogen and oxygen atoms in total. The van der Waals surface area contributed by atoms with Crippen molar-refractivity contribution in [2.45, 2.75) is 101 Å². The van der Waals surface area contributed by atoms with Gasteiger partial charge in [0.2, 0.25) is 10.0 Å². The third kappa shape index (κ3) is 8.19. The van der Waals surface area contributed by atoms with Crippen molar-refractivity contribution in [1.82, 2.24) is 10.0 Å². The van der Waals surface area contributed by atoms with Crippen LogP contribution < -0.4 is 10.0 Å². The third-order valence-corrected chi connectivity index (χ3v) is 8.42. The minimum atomic E-state index is -3.56. The molecule has 2 heterocycles. The molecule has 182 valence electrons. The lowest BCUT2D eigenvalue weighted by molar-refractivity contribution is -0.139. The molecule has 1 fully saturated rings. The molecule has 0 saturated heterocycles. The number of aliphatic carboxylic acids is 1. The third-order valence-electron chi connectivity index (χ3n) is 6.46. The molecule has 1 saturated carbocycles. The maximum Gasteiger partial charge on any atom is 0.321 e. The summed E-state index contributed by atoms with van der Waals surface area (Å²) in [6.45, 7) is 0.955. The number of nitrogens with one attached hydrogen (secondary N) is 2. The normalized spacial score (nSPS) is 22.1. The van der Waals surface area contributed by atoms with E-state index in [0.717, 1.165) is 70.2 Å². The Morgan fingerprint density at radius 1 is 1.16 bits per heavy atom. The molecule has 0 aromatic heterocycles. The van der Waals surface area contributed by atoms with E-state index in [0.29, 0.717) is 25.7 Å². The van der Waals surface area contributed by atoms with Gasteiger partial charge >= 0.3 is 5.97 Å². The highest BCUT2D eigenvalue weighted by molar-refractivity contribution is 7.90. The Bertz CT molecular complexity index is 804. The van der Waals surface area contributed by atoms with Gasteiger partial charge in [-0.2, -0.15) is 0 Å². The molecular formula is C23H38ClN3O4S. The second-order valence-electron chi connectivity index (χ2n) is 8.94. The predicted molar refractivity (Wildman–Crippen MR) is 131 cm³/mol. The first-order chi connectivity index (χ1) is 15.0. The van der Waals surface area contributed by atoms with E-state index >= 15 is 0 Å². The summed E-state index contributed by atoms with van der Waals surface area (Å²) >= 11 is 0. The number of unbranched alkanes of at least 4 members (excludes halogenated alkanes) is 4. The highest BCUT2D eigenvalue weighted by Gasteiger charge is 2.31. The van der Waals surface area contributed by atoms with Crippen LogP contribution >= 0.6 is 12.4 Å². The number of carboxylic acids is 1. The van der Waals surface area contributed by atoms with Crippen molar-refractivity contribution in [3.63, 3.8) is 0 Å². The number of hydrogen-bond acceptors (Lipinski definition) is 5. The monoisotopic (exact) mass is 487 g/mol. The molecule has 9 heteroatoms. The second kappa shape index (κ2) is 13.4. The topological polar surface area (TPSA) is 108 Å². The van der Waals surface area contributed by atoms with Gasteiger partial charge in [-0.15, -0.1) is 12.4 Å². The molecule has 0 amide bonds. The van der Waals surface area contributed by atoms with Crippen molar-refractivity contribution < 1.29 is 18.3 Å². The van der Waals surface area contributed by atoms with Crippen molar-refractivity contribution in [2.24, 2.45) is 4.99 Å². The number of carboxylic acid groups (broad SMARTS) is 1. The number of amidine groups is 1. The number of aliphatic imine (C=N–C) groups is 1. The number of rotatable bonds is 12. The van der Waals surface area contributed by atoms with Gasteiger partial charge < -0.3 is 10.4 Å². The molecule has 32 heavy (non-hydrogen) atoms. The Labute approximate surface area is 198 Å². The number of dihydropyridines is 1. The SMILES string of the molecule is Cl.O=C(O)C(CCCCCCCC1C=CC2=CCCNC2=N1)NS(=O)(=O)C1CCCCC1. The summed E-state index contributed by atoms with van der Waals surface area (Å²) in [4.78, 5) is 16.3. The minimum Gasteiger partial charge on any atom is -0.480 e. The van der Waals surface area contributed by atoms with Gasteiger partial charge in [0, 0.05) is 12.1 Å². The lowest BCUT2D eigenvalue weighted by atomic mass is 10.0. The first-order valence-corrected chi connectivity index (χ1v) is 13.4. The fourth-order valence-electron chi connectivity index (χ4n) is 4.60. The lowest BCUT2D eigenvalue weighted by Crippen LogP contribution is -2.45. The summed E-state index contributed by atoms with van der Waals surface area (Å²) < 4.78 is 27.5. The van der Waals surface area contributed by atoms with E-state index < -0.39 is 27.3 Å². The number of sulfonamides is 1. The van der Waals surface area contributed by atoms with Crippen LogP contribution in [0, 0.1) is 0 Å². The summed E-state index contributed by atoms with van der Waals surface area (Å²) in [6.07, 6.45) is 18.0. The zero-order valence-electron chi connectivity index (χ0n) is 18.8. The van der Waals surface area contributed by atoms with Crippen molar-refractivity contribution >= 4 is 34.2 Å². The zero-order valence-corrected chi connectivity index (χ0v) is 20.4. The van der Waals surface area contributed by atoms with Crippen LogP contribution in [0.1, 0.15) is 83.5 Å². The molecule has 3 aliphatic rings. The van der Waals surface area contributed by atoms with E-state index in [1.54, 1.807) is 0 Å². The zero-order chi connectivity index (χ0) is 22.1. The largest absolute Gasteiger partial charge is 0.480 e. The Morgan fingerprint density at radius 3 is 2.62 bits per heavy atom. The van der Waals surface area contributed by atoms with Crippen molar-refractivity contribution in [1.29, 1.82) is 0 Å². The molecule has 0 radical (unpaired) electrons. The van der Waals surface area contributed by atoms with Gasteiger partial charge in [0.25, 0.3) is 0 Å². The molecule has 0 aromatic carbocycles. The maximum absolute atomic E-state index is 12.5. The van der Waals surface area contributed by atoms with E-state index in [4.69, 9.17) is 4.99 Å². The Kier molecular flexibility index (Phi) is 11.2. The van der Waals surface area contributed by atoms with Crippen LogP contribution in [0.15, 0.2) is 28.8 Å².